The highest BCUT2D eigenvalue weighted by Gasteiger charge is 2.13. The smallest absolute Gasteiger partial charge is 0.283 e. The molecule has 1 aromatic carbocycles. The normalized spacial score (nSPS) is 11.1. The van der Waals surface area contributed by atoms with Gasteiger partial charge in [0.25, 0.3) is 5.89 Å². The van der Waals surface area contributed by atoms with Gasteiger partial charge in [0, 0.05) is 6.54 Å². The summed E-state index contributed by atoms with van der Waals surface area (Å²) in [5.74, 6) is 1.62. The molecular formula is C16H17N3O2. The maximum atomic E-state index is 5.64. The molecule has 0 spiro atoms. The van der Waals surface area contributed by atoms with Crippen LogP contribution in [0.2, 0.25) is 0 Å². The van der Waals surface area contributed by atoms with E-state index in [1.807, 2.05) is 18.2 Å². The molecule has 5 heteroatoms. The number of benzene rings is 1. The third-order valence-corrected chi connectivity index (χ3v) is 3.25. The van der Waals surface area contributed by atoms with E-state index in [1.165, 1.54) is 5.56 Å². The molecule has 3 aromatic rings. The Bertz CT molecular complexity index is 662. The molecule has 0 atom stereocenters. The topological polar surface area (TPSA) is 55.3 Å². The van der Waals surface area contributed by atoms with Gasteiger partial charge in [-0.3, -0.25) is 4.90 Å². The van der Waals surface area contributed by atoms with E-state index < -0.39 is 0 Å². The van der Waals surface area contributed by atoms with E-state index in [4.69, 9.17) is 8.83 Å². The van der Waals surface area contributed by atoms with Crippen LogP contribution in [0.25, 0.3) is 11.7 Å². The molecular weight excluding hydrogens is 266 g/mol. The summed E-state index contributed by atoms with van der Waals surface area (Å²) in [6.07, 6.45) is 1.59. The lowest BCUT2D eigenvalue weighted by molar-refractivity contribution is 0.243. The van der Waals surface area contributed by atoms with Crippen LogP contribution in [-0.2, 0) is 13.1 Å². The number of nitrogens with zero attached hydrogens (tertiary/aromatic N) is 3. The molecule has 0 N–H and O–H groups in total. The number of rotatable bonds is 6. The van der Waals surface area contributed by atoms with Crippen molar-refractivity contribution < 1.29 is 8.83 Å². The van der Waals surface area contributed by atoms with E-state index in [0.717, 1.165) is 13.1 Å². The van der Waals surface area contributed by atoms with Crippen LogP contribution in [0.5, 0.6) is 0 Å². The second-order valence-electron chi connectivity index (χ2n) is 4.77. The fourth-order valence-corrected chi connectivity index (χ4v) is 2.13. The van der Waals surface area contributed by atoms with Crippen LogP contribution < -0.4 is 0 Å². The summed E-state index contributed by atoms with van der Waals surface area (Å²) in [5, 5.41) is 8.10. The van der Waals surface area contributed by atoms with E-state index >= 15 is 0 Å². The van der Waals surface area contributed by atoms with E-state index in [0.29, 0.717) is 24.1 Å². The summed E-state index contributed by atoms with van der Waals surface area (Å²) in [4.78, 5) is 2.24. The molecule has 2 heterocycles. The van der Waals surface area contributed by atoms with E-state index in [1.54, 1.807) is 18.4 Å². The summed E-state index contributed by atoms with van der Waals surface area (Å²) in [7, 11) is 0. The Kier molecular flexibility index (Phi) is 4.12. The van der Waals surface area contributed by atoms with Crippen molar-refractivity contribution in [3.63, 3.8) is 0 Å². The van der Waals surface area contributed by atoms with E-state index in [9.17, 15) is 0 Å². The Hall–Kier alpha value is -2.40. The van der Waals surface area contributed by atoms with Crippen molar-refractivity contribution in [1.82, 2.24) is 15.1 Å². The van der Waals surface area contributed by atoms with Gasteiger partial charge in [0.05, 0.1) is 12.8 Å². The van der Waals surface area contributed by atoms with Gasteiger partial charge < -0.3 is 8.83 Å². The summed E-state index contributed by atoms with van der Waals surface area (Å²) in [5.41, 5.74) is 1.27. The summed E-state index contributed by atoms with van der Waals surface area (Å²) >= 11 is 0. The van der Waals surface area contributed by atoms with Gasteiger partial charge in [0.15, 0.2) is 5.76 Å². The Balaban J connectivity index is 1.67. The van der Waals surface area contributed by atoms with Gasteiger partial charge >= 0.3 is 0 Å². The lowest BCUT2D eigenvalue weighted by Gasteiger charge is -2.18. The summed E-state index contributed by atoms with van der Waals surface area (Å²) in [6.45, 7) is 4.51. The summed E-state index contributed by atoms with van der Waals surface area (Å²) in [6, 6.07) is 13.9. The van der Waals surface area contributed by atoms with Gasteiger partial charge in [-0.1, -0.05) is 37.3 Å². The van der Waals surface area contributed by atoms with Crippen molar-refractivity contribution in [3.8, 4) is 11.7 Å². The molecule has 0 bridgehead atoms. The van der Waals surface area contributed by atoms with Crippen molar-refractivity contribution in [3.05, 3.63) is 60.2 Å². The fraction of sp³-hybridized carbons (Fsp3) is 0.250. The van der Waals surface area contributed by atoms with Gasteiger partial charge in [0.2, 0.25) is 5.89 Å². The van der Waals surface area contributed by atoms with Gasteiger partial charge in [-0.2, -0.15) is 0 Å². The maximum Gasteiger partial charge on any atom is 0.283 e. The molecule has 21 heavy (non-hydrogen) atoms. The quantitative estimate of drug-likeness (QED) is 0.694. The van der Waals surface area contributed by atoms with Gasteiger partial charge in [0.1, 0.15) is 0 Å². The molecule has 0 aliphatic carbocycles. The minimum absolute atomic E-state index is 0.422. The Labute approximate surface area is 123 Å². The molecule has 0 aliphatic rings. The SMILES string of the molecule is CCN(Cc1ccccc1)Cc1nnc(-c2ccco2)o1. The number of furan rings is 1. The Morgan fingerprint density at radius 1 is 1.00 bits per heavy atom. The molecule has 0 saturated carbocycles. The molecule has 108 valence electrons. The van der Waals surface area contributed by atoms with Crippen LogP contribution in [-0.4, -0.2) is 21.6 Å². The molecule has 0 amide bonds. The van der Waals surface area contributed by atoms with Gasteiger partial charge in [-0.05, 0) is 24.2 Å². The third-order valence-electron chi connectivity index (χ3n) is 3.25. The highest BCUT2D eigenvalue weighted by molar-refractivity contribution is 5.42. The highest BCUT2D eigenvalue weighted by Crippen LogP contribution is 2.18. The monoisotopic (exact) mass is 283 g/mol. The molecule has 3 rings (SSSR count). The van der Waals surface area contributed by atoms with Crippen LogP contribution in [0, 0.1) is 0 Å². The molecule has 0 radical (unpaired) electrons. The van der Waals surface area contributed by atoms with Crippen molar-refractivity contribution in [2.75, 3.05) is 6.54 Å². The highest BCUT2D eigenvalue weighted by atomic mass is 16.4. The lowest BCUT2D eigenvalue weighted by Crippen LogP contribution is -2.22. The minimum atomic E-state index is 0.422. The van der Waals surface area contributed by atoms with Crippen LogP contribution in [0.3, 0.4) is 0 Å². The zero-order valence-electron chi connectivity index (χ0n) is 11.9. The lowest BCUT2D eigenvalue weighted by atomic mass is 10.2. The first-order valence-corrected chi connectivity index (χ1v) is 6.97. The number of hydrogen-bond acceptors (Lipinski definition) is 5. The minimum Gasteiger partial charge on any atom is -0.459 e. The molecule has 0 fully saturated rings. The second-order valence-corrected chi connectivity index (χ2v) is 4.77. The van der Waals surface area contributed by atoms with Crippen molar-refractivity contribution in [1.29, 1.82) is 0 Å². The number of aromatic nitrogens is 2. The van der Waals surface area contributed by atoms with Crippen molar-refractivity contribution in [2.45, 2.75) is 20.0 Å². The first-order chi connectivity index (χ1) is 10.3. The zero-order chi connectivity index (χ0) is 14.5. The predicted octanol–water partition coefficient (Wildman–Crippen LogP) is 3.35. The second kappa shape index (κ2) is 6.37. The van der Waals surface area contributed by atoms with Crippen LogP contribution >= 0.6 is 0 Å². The van der Waals surface area contributed by atoms with Crippen LogP contribution in [0.1, 0.15) is 18.4 Å². The first kappa shape index (κ1) is 13.6. The predicted molar refractivity (Wildman–Crippen MR) is 78.2 cm³/mol. The Morgan fingerprint density at radius 3 is 2.57 bits per heavy atom. The van der Waals surface area contributed by atoms with E-state index in [2.05, 4.69) is 34.2 Å². The average Bonchev–Trinajstić information content (AvgIpc) is 3.18. The van der Waals surface area contributed by atoms with Crippen LogP contribution in [0.15, 0.2) is 57.6 Å². The largest absolute Gasteiger partial charge is 0.459 e. The molecule has 0 saturated heterocycles. The van der Waals surface area contributed by atoms with Crippen molar-refractivity contribution >= 4 is 0 Å². The zero-order valence-corrected chi connectivity index (χ0v) is 11.9. The maximum absolute atomic E-state index is 5.64. The Morgan fingerprint density at radius 2 is 1.86 bits per heavy atom. The average molecular weight is 283 g/mol. The molecule has 5 nitrogen and oxygen atoms in total. The standard InChI is InChI=1S/C16H17N3O2/c1-2-19(11-13-7-4-3-5-8-13)12-15-17-18-16(21-15)14-9-6-10-20-14/h3-10H,2,11-12H2,1H3. The van der Waals surface area contributed by atoms with Crippen molar-refractivity contribution in [2.24, 2.45) is 0 Å². The van der Waals surface area contributed by atoms with Gasteiger partial charge in [-0.25, -0.2) is 0 Å². The molecule has 2 aromatic heterocycles. The van der Waals surface area contributed by atoms with Gasteiger partial charge in [-0.15, -0.1) is 10.2 Å². The molecule has 0 unspecified atom stereocenters. The fourth-order valence-electron chi connectivity index (χ4n) is 2.13. The summed E-state index contributed by atoms with van der Waals surface area (Å²) < 4.78 is 10.9. The number of hydrogen-bond donors (Lipinski definition) is 0. The third kappa shape index (κ3) is 3.38. The molecule has 0 aliphatic heterocycles. The van der Waals surface area contributed by atoms with E-state index in [-0.39, 0.29) is 0 Å². The first-order valence-electron chi connectivity index (χ1n) is 6.97. The van der Waals surface area contributed by atoms with Crippen LogP contribution in [0.4, 0.5) is 0 Å².